The zero-order chi connectivity index (χ0) is 22.2. The van der Waals surface area contributed by atoms with Crippen LogP contribution < -0.4 is 9.62 Å². The van der Waals surface area contributed by atoms with Crippen molar-refractivity contribution < 1.29 is 18.0 Å². The molecule has 0 radical (unpaired) electrons. The summed E-state index contributed by atoms with van der Waals surface area (Å²) >= 11 is 0. The highest BCUT2D eigenvalue weighted by Gasteiger charge is 2.36. The molecule has 158 valence electrons. The molecule has 0 unspecified atom stereocenters. The summed E-state index contributed by atoms with van der Waals surface area (Å²) in [5, 5.41) is 2.80. The molecule has 1 aliphatic heterocycles. The largest absolute Gasteiger partial charge is 0.322 e. The average molecular weight is 435 g/mol. The maximum Gasteiger partial charge on any atom is 0.264 e. The number of rotatable bonds is 5. The van der Waals surface area contributed by atoms with Crippen molar-refractivity contribution >= 4 is 33.1 Å². The molecule has 0 saturated heterocycles. The molecule has 0 bridgehead atoms. The second-order valence-corrected chi connectivity index (χ2v) is 9.42. The Bertz CT molecular complexity index is 1270. The highest BCUT2D eigenvalue weighted by molar-refractivity contribution is 7.92. The van der Waals surface area contributed by atoms with E-state index >= 15 is 0 Å². The van der Waals surface area contributed by atoms with Gasteiger partial charge in [-0.1, -0.05) is 30.3 Å². The number of nitrogens with one attached hydrogen (secondary N) is 1. The predicted octanol–water partition coefficient (Wildman–Crippen LogP) is 4.28. The van der Waals surface area contributed by atoms with E-state index in [4.69, 9.17) is 0 Å². The Hall–Kier alpha value is -3.45. The van der Waals surface area contributed by atoms with Gasteiger partial charge in [0.25, 0.3) is 15.9 Å². The van der Waals surface area contributed by atoms with Gasteiger partial charge < -0.3 is 5.32 Å². The van der Waals surface area contributed by atoms with Gasteiger partial charge in [0.05, 0.1) is 10.6 Å². The molecule has 1 aliphatic rings. The number of nitrogens with zero attached hydrogens (tertiary/aromatic N) is 1. The van der Waals surface area contributed by atoms with E-state index in [1.165, 1.54) is 11.2 Å². The van der Waals surface area contributed by atoms with Crippen molar-refractivity contribution in [3.05, 3.63) is 89.5 Å². The van der Waals surface area contributed by atoms with Crippen LogP contribution >= 0.6 is 0 Å². The van der Waals surface area contributed by atoms with Crippen molar-refractivity contribution in [1.29, 1.82) is 0 Å². The summed E-state index contributed by atoms with van der Waals surface area (Å²) < 4.78 is 27.8. The molecule has 31 heavy (non-hydrogen) atoms. The first-order chi connectivity index (χ1) is 14.8. The fraction of sp³-hybridized carbons (Fsp3) is 0.167. The molecule has 1 heterocycles. The number of carbonyl (C=O) groups excluding carboxylic acids is 2. The van der Waals surface area contributed by atoms with Gasteiger partial charge in [-0.05, 0) is 68.3 Å². The highest BCUT2D eigenvalue weighted by atomic mass is 32.2. The van der Waals surface area contributed by atoms with Crippen LogP contribution in [0.4, 0.5) is 11.4 Å². The third-order valence-electron chi connectivity index (χ3n) is 5.32. The Balaban J connectivity index is 1.61. The molecule has 1 atom stereocenters. The first kappa shape index (κ1) is 20.8. The van der Waals surface area contributed by atoms with Gasteiger partial charge in [0.2, 0.25) is 0 Å². The van der Waals surface area contributed by atoms with Crippen LogP contribution in [-0.2, 0) is 16.4 Å². The second-order valence-electron chi connectivity index (χ2n) is 7.60. The van der Waals surface area contributed by atoms with Crippen LogP contribution in [0.5, 0.6) is 0 Å². The molecular weight excluding hydrogens is 412 g/mol. The zero-order valence-electron chi connectivity index (χ0n) is 17.2. The van der Waals surface area contributed by atoms with Crippen LogP contribution in [0.1, 0.15) is 40.1 Å². The zero-order valence-corrected chi connectivity index (χ0v) is 18.0. The van der Waals surface area contributed by atoms with Gasteiger partial charge in [0.15, 0.2) is 5.78 Å². The van der Waals surface area contributed by atoms with Gasteiger partial charge in [-0.2, -0.15) is 0 Å². The van der Waals surface area contributed by atoms with E-state index in [1.807, 2.05) is 6.92 Å². The number of sulfonamides is 1. The number of Topliss-reactive ketones (excluding diaryl/α,β-unsaturated/α-hetero) is 1. The fourth-order valence-electron chi connectivity index (χ4n) is 3.84. The van der Waals surface area contributed by atoms with Gasteiger partial charge in [-0.15, -0.1) is 0 Å². The third-order valence-corrected chi connectivity index (χ3v) is 7.26. The summed E-state index contributed by atoms with van der Waals surface area (Å²) in [6.45, 7) is 3.32. The van der Waals surface area contributed by atoms with Crippen LogP contribution in [0.2, 0.25) is 0 Å². The summed E-state index contributed by atoms with van der Waals surface area (Å²) in [6, 6.07) is 19.9. The molecule has 1 N–H and O–H groups in total. The van der Waals surface area contributed by atoms with Crippen molar-refractivity contribution in [2.24, 2.45) is 0 Å². The lowest BCUT2D eigenvalue weighted by molar-refractivity contribution is 0.101. The molecule has 0 spiro atoms. The van der Waals surface area contributed by atoms with Gasteiger partial charge >= 0.3 is 0 Å². The van der Waals surface area contributed by atoms with Crippen LogP contribution in [0.25, 0.3) is 0 Å². The lowest BCUT2D eigenvalue weighted by Gasteiger charge is -2.24. The SMILES string of the molecule is CC(=O)c1cccc(NC(=O)c2ccc3c(c2)C[C@H](C)N3S(=O)(=O)c2ccccc2)c1. The van der Waals surface area contributed by atoms with E-state index < -0.39 is 10.0 Å². The second kappa shape index (κ2) is 8.00. The Morgan fingerprint density at radius 3 is 2.39 bits per heavy atom. The van der Waals surface area contributed by atoms with Gasteiger partial charge in [-0.25, -0.2) is 8.42 Å². The summed E-state index contributed by atoms with van der Waals surface area (Å²) in [7, 11) is -3.70. The molecule has 6 nitrogen and oxygen atoms in total. The van der Waals surface area contributed by atoms with E-state index in [1.54, 1.807) is 72.8 Å². The standard InChI is InChI=1S/C24H22N2O4S/c1-16-13-20-14-19(24(28)25-21-8-6-7-18(15-21)17(2)27)11-12-23(20)26(16)31(29,30)22-9-4-3-5-10-22/h3-12,14-16H,13H2,1-2H3,(H,25,28)/t16-/m0/s1. The molecule has 4 rings (SSSR count). The molecule has 0 aromatic heterocycles. The minimum Gasteiger partial charge on any atom is -0.322 e. The van der Waals surface area contributed by atoms with Gasteiger partial charge in [0.1, 0.15) is 0 Å². The Morgan fingerprint density at radius 1 is 0.935 bits per heavy atom. The maximum atomic E-state index is 13.2. The molecular formula is C24H22N2O4S. The Kier molecular flexibility index (Phi) is 5.37. The lowest BCUT2D eigenvalue weighted by Crippen LogP contribution is -2.35. The van der Waals surface area contributed by atoms with Crippen LogP contribution in [-0.4, -0.2) is 26.2 Å². The third kappa shape index (κ3) is 3.96. The number of carbonyl (C=O) groups is 2. The van der Waals surface area contributed by atoms with Gasteiger partial charge in [0, 0.05) is 22.9 Å². The Morgan fingerprint density at radius 2 is 1.68 bits per heavy atom. The molecule has 0 saturated carbocycles. The summed E-state index contributed by atoms with van der Waals surface area (Å²) in [4.78, 5) is 24.5. The number of ketones is 1. The summed E-state index contributed by atoms with van der Waals surface area (Å²) in [5.41, 5.74) is 2.86. The number of fused-ring (bicyclic) bond motifs is 1. The fourth-order valence-corrected chi connectivity index (χ4v) is 5.55. The lowest BCUT2D eigenvalue weighted by atomic mass is 10.1. The number of hydrogen-bond donors (Lipinski definition) is 1. The van der Waals surface area contributed by atoms with Gasteiger partial charge in [-0.3, -0.25) is 13.9 Å². The van der Waals surface area contributed by atoms with Crippen molar-refractivity contribution in [2.75, 3.05) is 9.62 Å². The average Bonchev–Trinajstić information content (AvgIpc) is 3.10. The molecule has 3 aromatic carbocycles. The van der Waals surface area contributed by atoms with E-state index in [9.17, 15) is 18.0 Å². The van der Waals surface area contributed by atoms with E-state index in [0.717, 1.165) is 5.56 Å². The van der Waals surface area contributed by atoms with E-state index in [-0.39, 0.29) is 22.6 Å². The topological polar surface area (TPSA) is 83.6 Å². The number of amides is 1. The minimum absolute atomic E-state index is 0.0812. The molecule has 0 fully saturated rings. The van der Waals surface area contributed by atoms with Crippen molar-refractivity contribution in [3.8, 4) is 0 Å². The first-order valence-corrected chi connectivity index (χ1v) is 11.4. The van der Waals surface area contributed by atoms with Crippen molar-refractivity contribution in [1.82, 2.24) is 0 Å². The van der Waals surface area contributed by atoms with E-state index in [0.29, 0.717) is 28.9 Å². The van der Waals surface area contributed by atoms with Crippen molar-refractivity contribution in [3.63, 3.8) is 0 Å². The normalized spacial score (nSPS) is 15.4. The summed E-state index contributed by atoms with van der Waals surface area (Å²) in [6.07, 6.45) is 0.516. The number of anilines is 2. The quantitative estimate of drug-likeness (QED) is 0.608. The summed E-state index contributed by atoms with van der Waals surface area (Å²) in [5.74, 6) is -0.400. The van der Waals surface area contributed by atoms with Crippen LogP contribution in [0, 0.1) is 0 Å². The maximum absolute atomic E-state index is 13.2. The van der Waals surface area contributed by atoms with Crippen LogP contribution in [0.15, 0.2) is 77.7 Å². The molecule has 1 amide bonds. The predicted molar refractivity (Wildman–Crippen MR) is 120 cm³/mol. The van der Waals surface area contributed by atoms with E-state index in [2.05, 4.69) is 5.32 Å². The molecule has 0 aliphatic carbocycles. The first-order valence-electron chi connectivity index (χ1n) is 9.92. The minimum atomic E-state index is -3.70. The van der Waals surface area contributed by atoms with Crippen molar-refractivity contribution in [2.45, 2.75) is 31.2 Å². The number of hydrogen-bond acceptors (Lipinski definition) is 4. The molecule has 3 aromatic rings. The highest BCUT2D eigenvalue weighted by Crippen LogP contribution is 2.37. The smallest absolute Gasteiger partial charge is 0.264 e. The monoisotopic (exact) mass is 434 g/mol. The molecule has 7 heteroatoms. The Labute approximate surface area is 181 Å². The van der Waals surface area contributed by atoms with Crippen LogP contribution in [0.3, 0.4) is 0 Å². The number of benzene rings is 3.